The maximum atomic E-state index is 13.3. The number of ether oxygens (including phenoxy) is 1. The number of amides is 2. The van der Waals surface area contributed by atoms with Crippen LogP contribution in [0.5, 0.6) is 5.75 Å². The van der Waals surface area contributed by atoms with Crippen LogP contribution in [0.2, 0.25) is 0 Å². The van der Waals surface area contributed by atoms with Crippen LogP contribution in [0, 0.1) is 17.8 Å². The van der Waals surface area contributed by atoms with Gasteiger partial charge < -0.3 is 20.3 Å². The van der Waals surface area contributed by atoms with Crippen LogP contribution in [-0.2, 0) is 4.79 Å². The molecule has 35 heavy (non-hydrogen) atoms. The van der Waals surface area contributed by atoms with Gasteiger partial charge in [0.1, 0.15) is 11.6 Å². The maximum Gasteiger partial charge on any atom is 0.256 e. The first-order valence-electron chi connectivity index (χ1n) is 12.3. The molecule has 2 unspecified atom stereocenters. The molecule has 2 N–H and O–H groups in total. The summed E-state index contributed by atoms with van der Waals surface area (Å²) in [5.74, 6) is 2.91. The van der Waals surface area contributed by atoms with Gasteiger partial charge in [0.2, 0.25) is 5.91 Å². The van der Waals surface area contributed by atoms with E-state index in [4.69, 9.17) is 4.74 Å². The summed E-state index contributed by atoms with van der Waals surface area (Å²) in [7, 11) is 1.68. The van der Waals surface area contributed by atoms with Gasteiger partial charge in [-0.15, -0.1) is 0 Å². The quantitative estimate of drug-likeness (QED) is 0.637. The number of nitrogens with zero attached hydrogens (tertiary/aromatic N) is 2. The molecule has 2 heterocycles. The molecule has 2 amide bonds. The fourth-order valence-corrected chi connectivity index (χ4v) is 5.41. The van der Waals surface area contributed by atoms with Gasteiger partial charge in [-0.25, -0.2) is 4.98 Å². The SMILES string of the molecule is CCNc1ccc(C(=O)NC2=C(C)C=CC(C(=O)N3C[C@@H]4C(c5ccc(OC)cc5)[C@@H]4C3)C2)cn1. The van der Waals surface area contributed by atoms with Crippen LogP contribution in [0.1, 0.15) is 42.1 Å². The molecule has 2 fully saturated rings. The Balaban J connectivity index is 1.16. The van der Waals surface area contributed by atoms with Crippen LogP contribution in [0.4, 0.5) is 5.82 Å². The molecule has 0 spiro atoms. The molecule has 1 aliphatic heterocycles. The smallest absolute Gasteiger partial charge is 0.256 e. The van der Waals surface area contributed by atoms with Crippen LogP contribution >= 0.6 is 0 Å². The van der Waals surface area contributed by atoms with Gasteiger partial charge >= 0.3 is 0 Å². The number of hydrogen-bond donors (Lipinski definition) is 2. The minimum absolute atomic E-state index is 0.151. The highest BCUT2D eigenvalue weighted by molar-refractivity contribution is 5.95. The summed E-state index contributed by atoms with van der Waals surface area (Å²) in [6.07, 6.45) is 6.00. The average Bonchev–Trinajstić information content (AvgIpc) is 3.38. The molecule has 1 saturated carbocycles. The second-order valence-electron chi connectivity index (χ2n) is 9.62. The number of piperidine rings is 1. The molecule has 4 atom stereocenters. The predicted octanol–water partition coefficient (Wildman–Crippen LogP) is 3.97. The van der Waals surface area contributed by atoms with E-state index in [0.29, 0.717) is 29.7 Å². The Labute approximate surface area is 206 Å². The lowest BCUT2D eigenvalue weighted by atomic mass is 9.92. The summed E-state index contributed by atoms with van der Waals surface area (Å²) in [5.41, 5.74) is 3.60. The van der Waals surface area contributed by atoms with Crippen molar-refractivity contribution in [2.75, 3.05) is 32.1 Å². The van der Waals surface area contributed by atoms with Crippen LogP contribution in [0.25, 0.3) is 0 Å². The Morgan fingerprint density at radius 3 is 2.49 bits per heavy atom. The number of anilines is 1. The van der Waals surface area contributed by atoms with E-state index in [9.17, 15) is 9.59 Å². The number of carbonyl (C=O) groups excluding carboxylic acids is 2. The monoisotopic (exact) mass is 472 g/mol. The minimum atomic E-state index is -0.250. The molecule has 0 radical (unpaired) electrons. The molecule has 2 aromatic rings. The Morgan fingerprint density at radius 1 is 1.11 bits per heavy atom. The van der Waals surface area contributed by atoms with Crippen LogP contribution in [0.3, 0.4) is 0 Å². The van der Waals surface area contributed by atoms with Crippen LogP contribution < -0.4 is 15.4 Å². The normalized spacial score (nSPS) is 24.7. The lowest BCUT2D eigenvalue weighted by Gasteiger charge is -2.27. The molecule has 7 heteroatoms. The second kappa shape index (κ2) is 9.56. The average molecular weight is 473 g/mol. The summed E-state index contributed by atoms with van der Waals surface area (Å²) in [5, 5.41) is 6.14. The summed E-state index contributed by atoms with van der Waals surface area (Å²) < 4.78 is 5.26. The molecular weight excluding hydrogens is 440 g/mol. The Kier molecular flexibility index (Phi) is 6.32. The van der Waals surface area contributed by atoms with Gasteiger partial charge in [0.15, 0.2) is 0 Å². The van der Waals surface area contributed by atoms with E-state index in [-0.39, 0.29) is 17.7 Å². The molecular formula is C28H32N4O3. The van der Waals surface area contributed by atoms with Gasteiger partial charge in [-0.2, -0.15) is 0 Å². The molecule has 182 valence electrons. The van der Waals surface area contributed by atoms with Crippen molar-refractivity contribution in [1.29, 1.82) is 0 Å². The number of benzene rings is 1. The Morgan fingerprint density at radius 2 is 1.86 bits per heavy atom. The number of fused-ring (bicyclic) bond motifs is 1. The standard InChI is InChI=1S/C28H32N4O3/c1-4-29-25-12-9-20(14-30-25)27(33)31-24-13-19(6-5-17(24)2)28(34)32-15-22-23(16-32)26(22)18-7-10-21(35-3)11-8-18/h5-12,14,19,22-23,26H,4,13,15-16H2,1-3H3,(H,29,30)(H,31,33)/t19?,22-,23+,26?. The number of hydrogen-bond acceptors (Lipinski definition) is 5. The van der Waals surface area contributed by atoms with Crippen molar-refractivity contribution in [1.82, 2.24) is 15.2 Å². The van der Waals surface area contributed by atoms with Gasteiger partial charge in [0.05, 0.1) is 18.6 Å². The summed E-state index contributed by atoms with van der Waals surface area (Å²) >= 11 is 0. The van der Waals surface area contributed by atoms with Crippen molar-refractivity contribution in [3.05, 3.63) is 77.1 Å². The summed E-state index contributed by atoms with van der Waals surface area (Å²) in [6, 6.07) is 11.9. The van der Waals surface area contributed by atoms with Crippen molar-refractivity contribution >= 4 is 17.6 Å². The van der Waals surface area contributed by atoms with Crippen molar-refractivity contribution in [3.63, 3.8) is 0 Å². The van der Waals surface area contributed by atoms with Crippen molar-refractivity contribution in [2.24, 2.45) is 17.8 Å². The van der Waals surface area contributed by atoms with E-state index in [0.717, 1.165) is 42.5 Å². The highest BCUT2D eigenvalue weighted by Crippen LogP contribution is 2.58. The van der Waals surface area contributed by atoms with E-state index in [1.807, 2.05) is 43.0 Å². The van der Waals surface area contributed by atoms with Gasteiger partial charge in [0.25, 0.3) is 5.91 Å². The highest BCUT2D eigenvalue weighted by atomic mass is 16.5. The zero-order valence-electron chi connectivity index (χ0n) is 20.5. The zero-order valence-corrected chi connectivity index (χ0v) is 20.5. The van der Waals surface area contributed by atoms with Gasteiger partial charge in [-0.05, 0) is 67.0 Å². The molecule has 5 rings (SSSR count). The number of nitrogens with one attached hydrogen (secondary N) is 2. The van der Waals surface area contributed by atoms with E-state index in [2.05, 4.69) is 27.8 Å². The lowest BCUT2D eigenvalue weighted by Crippen LogP contribution is -2.37. The number of aromatic nitrogens is 1. The number of allylic oxidation sites excluding steroid dienone is 3. The van der Waals surface area contributed by atoms with E-state index in [1.54, 1.807) is 25.4 Å². The predicted molar refractivity (Wildman–Crippen MR) is 135 cm³/mol. The van der Waals surface area contributed by atoms with Gasteiger partial charge in [0, 0.05) is 37.9 Å². The number of carbonyl (C=O) groups is 2. The molecule has 1 aromatic carbocycles. The highest BCUT2D eigenvalue weighted by Gasteiger charge is 2.57. The molecule has 3 aliphatic rings. The number of rotatable bonds is 7. The Bertz CT molecular complexity index is 1160. The van der Waals surface area contributed by atoms with Crippen LogP contribution in [-0.4, -0.2) is 48.4 Å². The first-order chi connectivity index (χ1) is 17.0. The summed E-state index contributed by atoms with van der Waals surface area (Å²) in [4.78, 5) is 32.4. The first-order valence-corrected chi connectivity index (χ1v) is 12.3. The summed E-state index contributed by atoms with van der Waals surface area (Å²) in [6.45, 7) is 6.34. The molecule has 1 saturated heterocycles. The molecule has 2 aliphatic carbocycles. The fraction of sp³-hybridized carbons (Fsp3) is 0.393. The Hall–Kier alpha value is -3.61. The van der Waals surface area contributed by atoms with Crippen molar-refractivity contribution in [3.8, 4) is 5.75 Å². The van der Waals surface area contributed by atoms with Crippen molar-refractivity contribution < 1.29 is 14.3 Å². The van der Waals surface area contributed by atoms with E-state index in [1.165, 1.54) is 5.56 Å². The van der Waals surface area contributed by atoms with Crippen molar-refractivity contribution in [2.45, 2.75) is 26.2 Å². The van der Waals surface area contributed by atoms with Crippen LogP contribution in [0.15, 0.2) is 66.0 Å². The van der Waals surface area contributed by atoms with E-state index >= 15 is 0 Å². The maximum absolute atomic E-state index is 13.3. The van der Waals surface area contributed by atoms with Gasteiger partial charge in [-0.3, -0.25) is 9.59 Å². The molecule has 0 bridgehead atoms. The molecule has 7 nitrogen and oxygen atoms in total. The van der Waals surface area contributed by atoms with E-state index < -0.39 is 0 Å². The molecule has 1 aromatic heterocycles. The number of pyridine rings is 1. The third-order valence-electron chi connectivity index (χ3n) is 7.45. The zero-order chi connectivity index (χ0) is 24.5. The first kappa shape index (κ1) is 23.1. The lowest BCUT2D eigenvalue weighted by molar-refractivity contribution is -0.133. The topological polar surface area (TPSA) is 83.6 Å². The fourth-order valence-electron chi connectivity index (χ4n) is 5.41. The minimum Gasteiger partial charge on any atom is -0.497 e. The van der Waals surface area contributed by atoms with Gasteiger partial charge in [-0.1, -0.05) is 24.3 Å². The third kappa shape index (κ3) is 4.67. The number of likely N-dealkylation sites (tertiary alicyclic amines) is 1. The largest absolute Gasteiger partial charge is 0.497 e. The number of methoxy groups -OCH3 is 1. The second-order valence-corrected chi connectivity index (χ2v) is 9.62. The third-order valence-corrected chi connectivity index (χ3v) is 7.45.